The van der Waals surface area contributed by atoms with Crippen molar-refractivity contribution in [3.05, 3.63) is 35.9 Å². The number of amides is 2. The van der Waals surface area contributed by atoms with E-state index in [9.17, 15) is 9.90 Å². The molecule has 3 N–H and O–H groups in total. The van der Waals surface area contributed by atoms with Crippen molar-refractivity contribution in [3.8, 4) is 0 Å². The number of aliphatic hydroxyl groups is 1. The van der Waals surface area contributed by atoms with E-state index < -0.39 is 6.10 Å². The quantitative estimate of drug-likeness (QED) is 0.692. The molecule has 26 heavy (non-hydrogen) atoms. The minimum atomic E-state index is -0.725. The highest BCUT2D eigenvalue weighted by molar-refractivity contribution is 5.74. The fraction of sp³-hybridized carbons (Fsp3) is 0.650. The van der Waals surface area contributed by atoms with Crippen molar-refractivity contribution in [1.29, 1.82) is 0 Å². The van der Waals surface area contributed by atoms with Crippen molar-refractivity contribution >= 4 is 6.03 Å². The molecule has 1 aromatic rings. The van der Waals surface area contributed by atoms with Crippen LogP contribution in [0.2, 0.25) is 0 Å². The van der Waals surface area contributed by atoms with Crippen LogP contribution in [0.3, 0.4) is 0 Å². The molecule has 6 nitrogen and oxygen atoms in total. The summed E-state index contributed by atoms with van der Waals surface area (Å²) in [6.07, 6.45) is -0.725. The lowest BCUT2D eigenvalue weighted by molar-refractivity contribution is 0.0552. The number of aliphatic hydroxyl groups excluding tert-OH is 1. The Bertz CT molecular complexity index is 556. The largest absolute Gasteiger partial charge is 0.386 e. The van der Waals surface area contributed by atoms with Gasteiger partial charge in [-0.25, -0.2) is 4.79 Å². The molecule has 6 heteroatoms. The third kappa shape index (κ3) is 5.69. The van der Waals surface area contributed by atoms with Crippen LogP contribution in [0.25, 0.3) is 0 Å². The van der Waals surface area contributed by atoms with E-state index in [1.54, 1.807) is 0 Å². The number of rotatable bonds is 7. The van der Waals surface area contributed by atoms with Crippen LogP contribution in [0.15, 0.2) is 30.3 Å². The van der Waals surface area contributed by atoms with Crippen molar-refractivity contribution < 1.29 is 9.90 Å². The van der Waals surface area contributed by atoms with Crippen LogP contribution in [0.1, 0.15) is 39.4 Å². The number of hydrogen-bond acceptors (Lipinski definition) is 4. The molecule has 0 unspecified atom stereocenters. The molecule has 0 radical (unpaired) electrons. The summed E-state index contributed by atoms with van der Waals surface area (Å²) in [7, 11) is 0. The van der Waals surface area contributed by atoms with Crippen molar-refractivity contribution in [1.82, 2.24) is 20.4 Å². The summed E-state index contributed by atoms with van der Waals surface area (Å²) < 4.78 is 0. The fourth-order valence-corrected chi connectivity index (χ4v) is 3.35. The average Bonchev–Trinajstić information content (AvgIpc) is 2.66. The maximum absolute atomic E-state index is 12.3. The summed E-state index contributed by atoms with van der Waals surface area (Å²) in [5.74, 6) is 0. The average molecular weight is 363 g/mol. The molecule has 1 saturated heterocycles. The number of hydrogen-bond donors (Lipinski definition) is 3. The van der Waals surface area contributed by atoms with Gasteiger partial charge in [-0.1, -0.05) is 37.3 Å². The van der Waals surface area contributed by atoms with Gasteiger partial charge in [0, 0.05) is 38.3 Å². The number of nitrogens with one attached hydrogen (secondary N) is 2. The van der Waals surface area contributed by atoms with E-state index in [1.165, 1.54) is 0 Å². The zero-order valence-electron chi connectivity index (χ0n) is 16.5. The van der Waals surface area contributed by atoms with Gasteiger partial charge in [0.25, 0.3) is 0 Å². The van der Waals surface area contributed by atoms with Crippen molar-refractivity contribution in [2.75, 3.05) is 39.3 Å². The molecule has 1 aliphatic heterocycles. The molecule has 2 rings (SSSR count). The molecule has 0 aromatic heterocycles. The molecule has 0 saturated carbocycles. The van der Waals surface area contributed by atoms with Gasteiger partial charge < -0.3 is 20.6 Å². The van der Waals surface area contributed by atoms with Crippen molar-refractivity contribution in [3.63, 3.8) is 0 Å². The van der Waals surface area contributed by atoms with Crippen LogP contribution in [-0.2, 0) is 0 Å². The Morgan fingerprint density at radius 2 is 1.81 bits per heavy atom. The van der Waals surface area contributed by atoms with E-state index in [2.05, 4.69) is 41.2 Å². The molecule has 1 aliphatic rings. The van der Waals surface area contributed by atoms with E-state index >= 15 is 0 Å². The summed E-state index contributed by atoms with van der Waals surface area (Å²) in [5.41, 5.74) is 0.702. The summed E-state index contributed by atoms with van der Waals surface area (Å²) in [4.78, 5) is 17.1. The summed E-state index contributed by atoms with van der Waals surface area (Å²) in [6.45, 7) is 14.2. The molecule has 0 bridgehead atoms. The van der Waals surface area contributed by atoms with Gasteiger partial charge >= 0.3 is 6.03 Å². The first-order valence-corrected chi connectivity index (χ1v) is 9.58. The predicted molar refractivity (Wildman–Crippen MR) is 105 cm³/mol. The lowest BCUT2D eigenvalue weighted by Gasteiger charge is -2.44. The van der Waals surface area contributed by atoms with Crippen LogP contribution in [0.4, 0.5) is 4.79 Å². The van der Waals surface area contributed by atoms with Crippen LogP contribution in [0, 0.1) is 0 Å². The molecule has 1 heterocycles. The summed E-state index contributed by atoms with van der Waals surface area (Å²) in [5, 5.41) is 16.2. The Hall–Kier alpha value is -1.63. The van der Waals surface area contributed by atoms with E-state index in [0.29, 0.717) is 6.54 Å². The Balaban J connectivity index is 1.78. The Morgan fingerprint density at radius 1 is 1.19 bits per heavy atom. The van der Waals surface area contributed by atoms with Gasteiger partial charge in [-0.2, -0.15) is 0 Å². The number of carbonyl (C=O) groups excluding carboxylic acids is 1. The first kappa shape index (κ1) is 20.7. The SMILES string of the molecule is CCN1CCN(C(C)(C)CNC(=O)N[C@@H](C)[C@H](O)c2ccccc2)CC1. The van der Waals surface area contributed by atoms with Gasteiger partial charge in [-0.3, -0.25) is 4.90 Å². The summed E-state index contributed by atoms with van der Waals surface area (Å²) in [6, 6.07) is 8.78. The smallest absolute Gasteiger partial charge is 0.315 e. The first-order chi connectivity index (χ1) is 12.3. The monoisotopic (exact) mass is 362 g/mol. The van der Waals surface area contributed by atoms with Gasteiger partial charge in [-0.05, 0) is 32.9 Å². The predicted octanol–water partition coefficient (Wildman–Crippen LogP) is 1.82. The van der Waals surface area contributed by atoms with Crippen molar-refractivity contribution in [2.45, 2.75) is 45.4 Å². The van der Waals surface area contributed by atoms with Crippen LogP contribution in [0.5, 0.6) is 0 Å². The highest BCUT2D eigenvalue weighted by Gasteiger charge is 2.30. The molecule has 2 amide bonds. The Labute approximate surface area is 157 Å². The number of benzene rings is 1. The van der Waals surface area contributed by atoms with Crippen LogP contribution < -0.4 is 10.6 Å². The normalized spacial score (nSPS) is 19.0. The Kier molecular flexibility index (Phi) is 7.43. The Morgan fingerprint density at radius 3 is 2.38 bits per heavy atom. The minimum absolute atomic E-state index is 0.0988. The topological polar surface area (TPSA) is 67.8 Å². The second kappa shape index (κ2) is 9.35. The summed E-state index contributed by atoms with van der Waals surface area (Å²) >= 11 is 0. The number of piperazine rings is 1. The third-order valence-corrected chi connectivity index (χ3v) is 5.33. The zero-order valence-corrected chi connectivity index (χ0v) is 16.5. The highest BCUT2D eigenvalue weighted by Crippen LogP contribution is 2.17. The van der Waals surface area contributed by atoms with E-state index in [-0.39, 0.29) is 17.6 Å². The second-order valence-electron chi connectivity index (χ2n) is 7.70. The molecular formula is C20H34N4O2. The molecule has 0 spiro atoms. The van der Waals surface area contributed by atoms with E-state index in [4.69, 9.17) is 0 Å². The zero-order chi connectivity index (χ0) is 19.2. The van der Waals surface area contributed by atoms with Gasteiger partial charge in [0.2, 0.25) is 0 Å². The molecule has 1 fully saturated rings. The van der Waals surface area contributed by atoms with Gasteiger partial charge in [0.1, 0.15) is 0 Å². The standard InChI is InChI=1S/C20H34N4O2/c1-5-23-11-13-24(14-12-23)20(3,4)15-21-19(26)22-16(2)18(25)17-9-7-6-8-10-17/h6-10,16,18,25H,5,11-15H2,1-4H3,(H2,21,22,26)/t16-,18-/m0/s1. The number of carbonyl (C=O) groups is 1. The minimum Gasteiger partial charge on any atom is -0.386 e. The number of nitrogens with zero attached hydrogens (tertiary/aromatic N) is 2. The maximum atomic E-state index is 12.3. The number of urea groups is 1. The second-order valence-corrected chi connectivity index (χ2v) is 7.70. The number of likely N-dealkylation sites (N-methyl/N-ethyl adjacent to an activating group) is 1. The van der Waals surface area contributed by atoms with Crippen molar-refractivity contribution in [2.24, 2.45) is 0 Å². The van der Waals surface area contributed by atoms with Crippen LogP contribution >= 0.6 is 0 Å². The molecule has 1 aromatic carbocycles. The molecule has 0 aliphatic carbocycles. The fourth-order valence-electron chi connectivity index (χ4n) is 3.35. The third-order valence-electron chi connectivity index (χ3n) is 5.33. The molecule has 146 valence electrons. The highest BCUT2D eigenvalue weighted by atomic mass is 16.3. The molecular weight excluding hydrogens is 328 g/mol. The maximum Gasteiger partial charge on any atom is 0.315 e. The van der Waals surface area contributed by atoms with Gasteiger partial charge in [0.05, 0.1) is 12.1 Å². The van der Waals surface area contributed by atoms with Gasteiger partial charge in [-0.15, -0.1) is 0 Å². The van der Waals surface area contributed by atoms with Gasteiger partial charge in [0.15, 0.2) is 0 Å². The van der Waals surface area contributed by atoms with E-state index in [1.807, 2.05) is 37.3 Å². The van der Waals surface area contributed by atoms with Crippen LogP contribution in [-0.4, -0.2) is 71.8 Å². The lowest BCUT2D eigenvalue weighted by atomic mass is 10.0. The van der Waals surface area contributed by atoms with E-state index in [0.717, 1.165) is 38.3 Å². The lowest BCUT2D eigenvalue weighted by Crippen LogP contribution is -2.59. The molecule has 2 atom stereocenters. The first-order valence-electron chi connectivity index (χ1n) is 9.58.